The normalized spacial score (nSPS) is 11.8. The Labute approximate surface area is 149 Å². The first-order chi connectivity index (χ1) is 12.8. The summed E-state index contributed by atoms with van der Waals surface area (Å²) in [6, 6.07) is 12.6. The molecule has 0 radical (unpaired) electrons. The zero-order valence-corrected chi connectivity index (χ0v) is 13.7. The smallest absolute Gasteiger partial charge is 0.258 e. The number of carbonyl (C=O) groups is 1. The number of hydrogen-bond donors (Lipinski definition) is 2. The number of rotatable bonds is 5. The number of pyridine rings is 1. The van der Waals surface area contributed by atoms with Crippen molar-refractivity contribution in [3.63, 3.8) is 0 Å². The maximum atomic E-state index is 12.0. The first-order valence-electron chi connectivity index (χ1n) is 7.95. The topological polar surface area (TPSA) is 98.3 Å². The Morgan fingerprint density at radius 2 is 1.88 bits per heavy atom. The molecule has 0 spiro atoms. The van der Waals surface area contributed by atoms with Crippen LogP contribution in [0.3, 0.4) is 0 Å². The van der Waals surface area contributed by atoms with Gasteiger partial charge in [-0.05, 0) is 42.0 Å². The summed E-state index contributed by atoms with van der Waals surface area (Å²) in [5.41, 5.74) is 1.49. The number of benzene rings is 1. The van der Waals surface area contributed by atoms with Crippen LogP contribution in [0.5, 0.6) is 11.5 Å². The van der Waals surface area contributed by atoms with Gasteiger partial charge in [0.15, 0.2) is 17.3 Å². The number of hydrogen-bond acceptors (Lipinski definition) is 7. The number of fused-ring (bicyclic) bond motifs is 1. The van der Waals surface area contributed by atoms with Gasteiger partial charge in [-0.1, -0.05) is 6.07 Å². The Kier molecular flexibility index (Phi) is 4.29. The fourth-order valence-corrected chi connectivity index (χ4v) is 2.42. The molecule has 0 bridgehead atoms. The van der Waals surface area contributed by atoms with Crippen LogP contribution in [0.2, 0.25) is 0 Å². The summed E-state index contributed by atoms with van der Waals surface area (Å²) in [4.78, 5) is 16.0. The summed E-state index contributed by atoms with van der Waals surface area (Å²) in [7, 11) is 0. The van der Waals surface area contributed by atoms with E-state index in [0.29, 0.717) is 23.7 Å². The van der Waals surface area contributed by atoms with Crippen molar-refractivity contribution in [1.29, 1.82) is 0 Å². The quantitative estimate of drug-likeness (QED) is 0.730. The molecule has 2 aromatic heterocycles. The van der Waals surface area contributed by atoms with Gasteiger partial charge in [-0.15, -0.1) is 10.2 Å². The average molecular weight is 349 g/mol. The van der Waals surface area contributed by atoms with Crippen molar-refractivity contribution in [2.75, 3.05) is 17.4 Å². The highest BCUT2D eigenvalue weighted by Crippen LogP contribution is 2.32. The van der Waals surface area contributed by atoms with E-state index < -0.39 is 0 Å². The number of amides is 1. The highest BCUT2D eigenvalue weighted by molar-refractivity contribution is 6.03. The zero-order chi connectivity index (χ0) is 17.8. The van der Waals surface area contributed by atoms with Gasteiger partial charge in [0.2, 0.25) is 6.79 Å². The van der Waals surface area contributed by atoms with E-state index in [1.165, 1.54) is 6.20 Å². The van der Waals surface area contributed by atoms with Crippen LogP contribution in [0.1, 0.15) is 15.9 Å². The lowest BCUT2D eigenvalue weighted by molar-refractivity contribution is 0.102. The summed E-state index contributed by atoms with van der Waals surface area (Å²) >= 11 is 0. The number of ether oxygens (including phenoxy) is 2. The van der Waals surface area contributed by atoms with E-state index in [0.717, 1.165) is 17.1 Å². The Hall–Kier alpha value is -3.68. The van der Waals surface area contributed by atoms with E-state index in [1.54, 1.807) is 30.5 Å². The average Bonchev–Trinajstić information content (AvgIpc) is 3.16. The van der Waals surface area contributed by atoms with E-state index in [9.17, 15) is 4.79 Å². The molecular weight excluding hydrogens is 334 g/mol. The summed E-state index contributed by atoms with van der Waals surface area (Å²) in [5, 5.41) is 13.9. The number of carbonyl (C=O) groups excluding carboxylic acids is 1. The maximum Gasteiger partial charge on any atom is 0.258 e. The molecule has 0 saturated heterocycles. The minimum atomic E-state index is -0.284. The molecule has 1 amide bonds. The summed E-state index contributed by atoms with van der Waals surface area (Å²) < 4.78 is 10.6. The van der Waals surface area contributed by atoms with Gasteiger partial charge in [0, 0.05) is 18.9 Å². The third-order valence-electron chi connectivity index (χ3n) is 3.74. The molecule has 130 valence electrons. The molecule has 0 unspecified atom stereocenters. The molecule has 0 fully saturated rings. The van der Waals surface area contributed by atoms with Gasteiger partial charge in [0.25, 0.3) is 5.91 Å². The number of anilines is 2. The predicted octanol–water partition coefficient (Wildman–Crippen LogP) is 2.46. The molecule has 4 rings (SSSR count). The van der Waals surface area contributed by atoms with Gasteiger partial charge in [-0.25, -0.2) is 0 Å². The van der Waals surface area contributed by atoms with Crippen molar-refractivity contribution < 1.29 is 14.3 Å². The van der Waals surface area contributed by atoms with E-state index in [-0.39, 0.29) is 12.7 Å². The minimum Gasteiger partial charge on any atom is -0.454 e. The molecule has 3 heterocycles. The van der Waals surface area contributed by atoms with E-state index >= 15 is 0 Å². The van der Waals surface area contributed by atoms with Crippen LogP contribution in [0.15, 0.2) is 54.9 Å². The van der Waals surface area contributed by atoms with Gasteiger partial charge in [0.05, 0.1) is 5.56 Å². The van der Waals surface area contributed by atoms with E-state index in [4.69, 9.17) is 9.47 Å². The highest BCUT2D eigenvalue weighted by Gasteiger charge is 2.13. The van der Waals surface area contributed by atoms with Crippen molar-refractivity contribution in [3.05, 3.63) is 66.0 Å². The predicted molar refractivity (Wildman–Crippen MR) is 94.1 cm³/mol. The van der Waals surface area contributed by atoms with E-state index in [2.05, 4.69) is 25.8 Å². The van der Waals surface area contributed by atoms with Crippen molar-refractivity contribution in [2.45, 2.75) is 6.54 Å². The van der Waals surface area contributed by atoms with Crippen molar-refractivity contribution in [2.24, 2.45) is 0 Å². The van der Waals surface area contributed by atoms with Crippen LogP contribution in [0.4, 0.5) is 11.6 Å². The lowest BCUT2D eigenvalue weighted by Crippen LogP contribution is -2.13. The second-order valence-corrected chi connectivity index (χ2v) is 5.54. The number of nitrogens with zero attached hydrogens (tertiary/aromatic N) is 3. The Bertz CT molecular complexity index is 916. The third kappa shape index (κ3) is 3.54. The fraction of sp³-hybridized carbons (Fsp3) is 0.111. The number of nitrogens with one attached hydrogen (secondary N) is 2. The third-order valence-corrected chi connectivity index (χ3v) is 3.74. The lowest BCUT2D eigenvalue weighted by atomic mass is 10.2. The van der Waals surface area contributed by atoms with Crippen LogP contribution < -0.4 is 20.1 Å². The first kappa shape index (κ1) is 15.8. The first-order valence-corrected chi connectivity index (χ1v) is 7.95. The molecule has 1 aromatic carbocycles. The van der Waals surface area contributed by atoms with Crippen LogP contribution in [0.25, 0.3) is 0 Å². The molecule has 2 N–H and O–H groups in total. The molecule has 8 nitrogen and oxygen atoms in total. The number of aromatic nitrogens is 3. The maximum absolute atomic E-state index is 12.0. The highest BCUT2D eigenvalue weighted by atomic mass is 16.7. The minimum absolute atomic E-state index is 0.254. The standard InChI is InChI=1S/C18H15N5O3/c24-18(13-2-1-7-19-10-13)21-17-6-5-16(22-23-17)20-9-12-3-4-14-15(8-12)26-11-25-14/h1-8,10H,9,11H2,(H,20,22)(H,21,23,24). The van der Waals surface area contributed by atoms with Gasteiger partial charge in [-0.2, -0.15) is 0 Å². The largest absolute Gasteiger partial charge is 0.454 e. The van der Waals surface area contributed by atoms with Crippen molar-refractivity contribution in [1.82, 2.24) is 15.2 Å². The Balaban J connectivity index is 1.35. The Morgan fingerprint density at radius 1 is 1.04 bits per heavy atom. The second kappa shape index (κ2) is 7.06. The molecule has 1 aliphatic rings. The summed E-state index contributed by atoms with van der Waals surface area (Å²) in [5.74, 6) is 2.18. The molecular formula is C18H15N5O3. The Morgan fingerprint density at radius 3 is 2.69 bits per heavy atom. The van der Waals surface area contributed by atoms with Gasteiger partial charge in [-0.3, -0.25) is 9.78 Å². The zero-order valence-electron chi connectivity index (χ0n) is 13.7. The van der Waals surface area contributed by atoms with Gasteiger partial charge in [0.1, 0.15) is 5.82 Å². The van der Waals surface area contributed by atoms with Crippen LogP contribution in [0, 0.1) is 0 Å². The van der Waals surface area contributed by atoms with E-state index in [1.807, 2.05) is 18.2 Å². The monoisotopic (exact) mass is 349 g/mol. The molecule has 0 saturated carbocycles. The fourth-order valence-electron chi connectivity index (χ4n) is 2.42. The molecule has 8 heteroatoms. The van der Waals surface area contributed by atoms with Crippen LogP contribution >= 0.6 is 0 Å². The van der Waals surface area contributed by atoms with Gasteiger partial charge >= 0.3 is 0 Å². The SMILES string of the molecule is O=C(Nc1ccc(NCc2ccc3c(c2)OCO3)nn1)c1cccnc1. The molecule has 1 aliphatic heterocycles. The molecule has 0 atom stereocenters. The van der Waals surface area contributed by atoms with Crippen LogP contribution in [-0.4, -0.2) is 27.9 Å². The van der Waals surface area contributed by atoms with Gasteiger partial charge < -0.3 is 20.1 Å². The second-order valence-electron chi connectivity index (χ2n) is 5.54. The molecule has 26 heavy (non-hydrogen) atoms. The lowest BCUT2D eigenvalue weighted by Gasteiger charge is -2.07. The summed E-state index contributed by atoms with van der Waals surface area (Å²) in [6.07, 6.45) is 3.10. The molecule has 0 aliphatic carbocycles. The molecule has 3 aromatic rings. The summed E-state index contributed by atoms with van der Waals surface area (Å²) in [6.45, 7) is 0.816. The van der Waals surface area contributed by atoms with Crippen molar-refractivity contribution >= 4 is 17.5 Å². The van der Waals surface area contributed by atoms with Crippen molar-refractivity contribution in [3.8, 4) is 11.5 Å². The van der Waals surface area contributed by atoms with Crippen LogP contribution in [-0.2, 0) is 6.54 Å².